The number of rotatable bonds is 5. The largest absolute Gasteiger partial charge is 0.379 e. The minimum Gasteiger partial charge on any atom is -0.379 e. The summed E-state index contributed by atoms with van der Waals surface area (Å²) in [4.78, 5) is 2.53. The molecule has 1 N–H and O–H groups in total. The van der Waals surface area contributed by atoms with Crippen molar-refractivity contribution in [3.8, 4) is 0 Å². The van der Waals surface area contributed by atoms with Gasteiger partial charge in [0.15, 0.2) is 0 Å². The van der Waals surface area contributed by atoms with E-state index in [-0.39, 0.29) is 0 Å². The molecule has 1 aliphatic heterocycles. The van der Waals surface area contributed by atoms with Gasteiger partial charge >= 0.3 is 0 Å². The van der Waals surface area contributed by atoms with Crippen molar-refractivity contribution in [1.82, 2.24) is 10.2 Å². The van der Waals surface area contributed by atoms with E-state index in [0.717, 1.165) is 32.8 Å². The van der Waals surface area contributed by atoms with E-state index in [1.54, 1.807) is 0 Å². The smallest absolute Gasteiger partial charge is 0.0594 e. The van der Waals surface area contributed by atoms with Crippen molar-refractivity contribution < 1.29 is 4.74 Å². The molecule has 0 amide bonds. The summed E-state index contributed by atoms with van der Waals surface area (Å²) < 4.78 is 5.39. The summed E-state index contributed by atoms with van der Waals surface area (Å²) in [5.41, 5.74) is 0.426. The molecule has 0 saturated carbocycles. The van der Waals surface area contributed by atoms with E-state index in [2.05, 4.69) is 44.8 Å². The van der Waals surface area contributed by atoms with Crippen LogP contribution in [-0.2, 0) is 4.74 Å². The van der Waals surface area contributed by atoms with E-state index in [1.807, 2.05) is 0 Å². The predicted molar refractivity (Wildman–Crippen MR) is 73.4 cm³/mol. The molecule has 1 rings (SSSR count). The highest BCUT2D eigenvalue weighted by Crippen LogP contribution is 2.17. The summed E-state index contributed by atoms with van der Waals surface area (Å²) in [6.07, 6.45) is 1.23. The fourth-order valence-electron chi connectivity index (χ4n) is 2.15. The summed E-state index contributed by atoms with van der Waals surface area (Å²) >= 11 is 0. The third-order valence-electron chi connectivity index (χ3n) is 3.69. The van der Waals surface area contributed by atoms with Gasteiger partial charge in [-0.3, -0.25) is 4.90 Å². The van der Waals surface area contributed by atoms with Crippen molar-refractivity contribution in [3.63, 3.8) is 0 Å². The van der Waals surface area contributed by atoms with Gasteiger partial charge in [-0.2, -0.15) is 0 Å². The first-order valence-electron chi connectivity index (χ1n) is 6.95. The average molecular weight is 242 g/mol. The van der Waals surface area contributed by atoms with Crippen LogP contribution in [-0.4, -0.2) is 49.8 Å². The van der Waals surface area contributed by atoms with Crippen LogP contribution in [0.1, 0.15) is 41.0 Å². The summed E-state index contributed by atoms with van der Waals surface area (Å²) in [7, 11) is 0. The monoisotopic (exact) mass is 242 g/mol. The second kappa shape index (κ2) is 6.72. The number of nitrogens with one attached hydrogen (secondary N) is 1. The van der Waals surface area contributed by atoms with Crippen molar-refractivity contribution in [1.29, 1.82) is 0 Å². The Kier molecular flexibility index (Phi) is 5.90. The van der Waals surface area contributed by atoms with Crippen LogP contribution in [0.25, 0.3) is 0 Å². The summed E-state index contributed by atoms with van der Waals surface area (Å²) in [5.74, 6) is 0. The van der Waals surface area contributed by atoms with Gasteiger partial charge in [-0.15, -0.1) is 0 Å². The molecule has 1 aliphatic rings. The maximum Gasteiger partial charge on any atom is 0.0594 e. The summed E-state index contributed by atoms with van der Waals surface area (Å²) in [6.45, 7) is 16.5. The zero-order valence-corrected chi connectivity index (χ0v) is 12.3. The maximum atomic E-state index is 5.39. The molecule has 1 saturated heterocycles. The minimum absolute atomic E-state index is 0.426. The predicted octanol–water partition coefficient (Wildman–Crippen LogP) is 2.12. The Hall–Kier alpha value is -0.120. The number of morpholine rings is 1. The van der Waals surface area contributed by atoms with Crippen molar-refractivity contribution in [3.05, 3.63) is 0 Å². The van der Waals surface area contributed by atoms with Crippen molar-refractivity contribution >= 4 is 0 Å². The molecule has 17 heavy (non-hydrogen) atoms. The first kappa shape index (κ1) is 14.9. The molecule has 3 nitrogen and oxygen atoms in total. The lowest BCUT2D eigenvalue weighted by atomic mass is 9.92. The van der Waals surface area contributed by atoms with E-state index >= 15 is 0 Å². The number of hydrogen-bond donors (Lipinski definition) is 1. The van der Waals surface area contributed by atoms with Crippen LogP contribution in [0.15, 0.2) is 0 Å². The highest BCUT2D eigenvalue weighted by molar-refractivity contribution is 4.79. The van der Waals surface area contributed by atoms with E-state index in [9.17, 15) is 0 Å². The van der Waals surface area contributed by atoms with Gasteiger partial charge in [0.25, 0.3) is 0 Å². The fourth-order valence-corrected chi connectivity index (χ4v) is 2.15. The molecular formula is C14H30N2O. The van der Waals surface area contributed by atoms with Gasteiger partial charge in [0.2, 0.25) is 0 Å². The molecule has 0 aliphatic carbocycles. The molecule has 102 valence electrons. The Morgan fingerprint density at radius 3 is 2.29 bits per heavy atom. The lowest BCUT2D eigenvalue weighted by Gasteiger charge is -2.36. The normalized spacial score (nSPS) is 22.4. The molecule has 0 spiro atoms. The molecule has 2 atom stereocenters. The van der Waals surface area contributed by atoms with Gasteiger partial charge in [0.05, 0.1) is 13.2 Å². The quantitative estimate of drug-likeness (QED) is 0.799. The Balaban J connectivity index is 2.23. The lowest BCUT2D eigenvalue weighted by Crippen LogP contribution is -2.51. The Bertz CT molecular complexity index is 207. The van der Waals surface area contributed by atoms with Gasteiger partial charge in [-0.25, -0.2) is 0 Å². The zero-order chi connectivity index (χ0) is 12.9. The maximum absolute atomic E-state index is 5.39. The second-order valence-corrected chi connectivity index (χ2v) is 6.44. The van der Waals surface area contributed by atoms with Gasteiger partial charge in [0.1, 0.15) is 0 Å². The van der Waals surface area contributed by atoms with E-state index in [1.165, 1.54) is 6.42 Å². The molecule has 0 radical (unpaired) electrons. The second-order valence-electron chi connectivity index (χ2n) is 6.44. The summed E-state index contributed by atoms with van der Waals surface area (Å²) in [5, 5.41) is 3.65. The fraction of sp³-hybridized carbons (Fsp3) is 1.00. The summed E-state index contributed by atoms with van der Waals surface area (Å²) in [6, 6.07) is 1.15. The van der Waals surface area contributed by atoms with Gasteiger partial charge < -0.3 is 10.1 Å². The van der Waals surface area contributed by atoms with E-state index < -0.39 is 0 Å². The van der Waals surface area contributed by atoms with Crippen LogP contribution in [0.2, 0.25) is 0 Å². The Morgan fingerprint density at radius 2 is 1.76 bits per heavy atom. The van der Waals surface area contributed by atoms with E-state index in [4.69, 9.17) is 4.74 Å². The third-order valence-corrected chi connectivity index (χ3v) is 3.69. The van der Waals surface area contributed by atoms with E-state index in [0.29, 0.717) is 17.5 Å². The lowest BCUT2D eigenvalue weighted by molar-refractivity contribution is 0.0135. The molecule has 3 heteroatoms. The number of nitrogens with zero attached hydrogens (tertiary/aromatic N) is 1. The van der Waals surface area contributed by atoms with Crippen molar-refractivity contribution in [2.75, 3.05) is 32.8 Å². The first-order valence-corrected chi connectivity index (χ1v) is 6.95. The minimum atomic E-state index is 0.426. The van der Waals surface area contributed by atoms with Crippen LogP contribution in [0.3, 0.4) is 0 Å². The molecule has 0 bridgehead atoms. The average Bonchev–Trinajstić information content (AvgIpc) is 2.27. The van der Waals surface area contributed by atoms with Gasteiger partial charge in [-0.05, 0) is 32.2 Å². The molecular weight excluding hydrogens is 212 g/mol. The third kappa shape index (κ3) is 5.84. The molecule has 0 aromatic rings. The standard InChI is InChI=1S/C14H30N2O/c1-12(15-7-6-14(3,4)5)13(2)16-8-10-17-11-9-16/h12-13,15H,6-11H2,1-5H3/t12-,13+/m0/s1. The molecule has 1 heterocycles. The van der Waals surface area contributed by atoms with Crippen LogP contribution < -0.4 is 5.32 Å². The number of hydrogen-bond acceptors (Lipinski definition) is 3. The van der Waals surface area contributed by atoms with Crippen LogP contribution in [0.5, 0.6) is 0 Å². The zero-order valence-electron chi connectivity index (χ0n) is 12.3. The first-order chi connectivity index (χ1) is 7.90. The van der Waals surface area contributed by atoms with Gasteiger partial charge in [0, 0.05) is 25.2 Å². The Labute approximate surface area is 107 Å². The topological polar surface area (TPSA) is 24.5 Å². The van der Waals surface area contributed by atoms with Crippen molar-refractivity contribution in [2.45, 2.75) is 53.1 Å². The molecule has 0 aromatic carbocycles. The Morgan fingerprint density at radius 1 is 1.18 bits per heavy atom. The van der Waals surface area contributed by atoms with Crippen LogP contribution in [0.4, 0.5) is 0 Å². The number of ether oxygens (including phenoxy) is 1. The molecule has 1 fully saturated rings. The molecule has 0 unspecified atom stereocenters. The highest BCUT2D eigenvalue weighted by atomic mass is 16.5. The van der Waals surface area contributed by atoms with Gasteiger partial charge in [-0.1, -0.05) is 20.8 Å². The SMILES string of the molecule is C[C@H](NCCC(C)(C)C)[C@@H](C)N1CCOCC1. The van der Waals surface area contributed by atoms with Crippen molar-refractivity contribution in [2.24, 2.45) is 5.41 Å². The molecule has 0 aromatic heterocycles. The van der Waals surface area contributed by atoms with Crippen LogP contribution >= 0.6 is 0 Å². The van der Waals surface area contributed by atoms with Crippen LogP contribution in [0, 0.1) is 5.41 Å². The highest BCUT2D eigenvalue weighted by Gasteiger charge is 2.22.